The Bertz CT molecular complexity index is 2810. The van der Waals surface area contributed by atoms with E-state index in [1.165, 1.54) is 16.8 Å². The molecule has 3 amide bonds. The highest BCUT2D eigenvalue weighted by molar-refractivity contribution is 6.01. The van der Waals surface area contributed by atoms with Gasteiger partial charge in [0, 0.05) is 92.2 Å². The second-order valence-electron chi connectivity index (χ2n) is 19.8. The molecular formula is C54H65N11O4. The van der Waals surface area contributed by atoms with Crippen molar-refractivity contribution in [3.8, 4) is 0 Å². The number of nitrogens with one attached hydrogen (secondary N) is 3. The van der Waals surface area contributed by atoms with Crippen molar-refractivity contribution in [2.24, 2.45) is 7.05 Å². The van der Waals surface area contributed by atoms with E-state index >= 15 is 0 Å². The van der Waals surface area contributed by atoms with Crippen LogP contribution in [0, 0.1) is 6.92 Å². The van der Waals surface area contributed by atoms with Crippen molar-refractivity contribution < 1.29 is 19.2 Å². The molecule has 0 aliphatic carbocycles. The van der Waals surface area contributed by atoms with Gasteiger partial charge in [-0.25, -0.2) is 4.98 Å². The van der Waals surface area contributed by atoms with Gasteiger partial charge >= 0.3 is 0 Å². The summed E-state index contributed by atoms with van der Waals surface area (Å²) < 4.78 is 4.31. The SMILES string of the molecule is Cc1cc(C2CCN(Cc3cc4n(n3)CCN(C(=O)c3ccc(C5CCN(C(C)c6cc7c(N(C)/C=C\C8=C(C=O)CCN8)ccnc7n6C)CC5)cc3)C4)CC2)ccc1NC1CCC(=O)NC1=O. The van der Waals surface area contributed by atoms with E-state index in [1.807, 2.05) is 48.6 Å². The van der Waals surface area contributed by atoms with E-state index in [4.69, 9.17) is 10.1 Å². The molecule has 360 valence electrons. The molecule has 0 spiro atoms. The summed E-state index contributed by atoms with van der Waals surface area (Å²) in [6.07, 6.45) is 12.7. The third-order valence-corrected chi connectivity index (χ3v) is 15.5. The average Bonchev–Trinajstić information content (AvgIpc) is 4.10. The van der Waals surface area contributed by atoms with Gasteiger partial charge in [0.05, 0.1) is 30.2 Å². The molecule has 2 aromatic carbocycles. The first-order chi connectivity index (χ1) is 33.5. The molecule has 5 aliphatic heterocycles. The molecule has 0 bridgehead atoms. The Morgan fingerprint density at radius 1 is 0.913 bits per heavy atom. The van der Waals surface area contributed by atoms with E-state index in [2.05, 4.69) is 103 Å². The number of carbonyl (C=O) groups excluding carboxylic acids is 4. The second-order valence-corrected chi connectivity index (χ2v) is 19.8. The Kier molecular flexibility index (Phi) is 13.2. The highest BCUT2D eigenvalue weighted by Gasteiger charge is 2.30. The van der Waals surface area contributed by atoms with Crippen molar-refractivity contribution in [1.29, 1.82) is 0 Å². The Labute approximate surface area is 404 Å². The lowest BCUT2D eigenvalue weighted by molar-refractivity contribution is -0.133. The number of nitrogens with zero attached hydrogens (tertiary/aromatic N) is 8. The van der Waals surface area contributed by atoms with Gasteiger partial charge in [-0.05, 0) is 150 Å². The summed E-state index contributed by atoms with van der Waals surface area (Å²) in [4.78, 5) is 63.1. The molecule has 2 atom stereocenters. The number of carbonyl (C=O) groups is 4. The third-order valence-electron chi connectivity index (χ3n) is 15.5. The van der Waals surface area contributed by atoms with Crippen LogP contribution in [-0.2, 0) is 41.1 Å². The summed E-state index contributed by atoms with van der Waals surface area (Å²) in [6.45, 7) is 11.8. The fraction of sp³-hybridized carbons (Fsp3) is 0.444. The van der Waals surface area contributed by atoms with Crippen LogP contribution in [0.3, 0.4) is 0 Å². The van der Waals surface area contributed by atoms with Gasteiger partial charge < -0.3 is 25.0 Å². The van der Waals surface area contributed by atoms with Gasteiger partial charge in [0.1, 0.15) is 18.0 Å². The number of imide groups is 1. The van der Waals surface area contributed by atoms with Gasteiger partial charge in [0.2, 0.25) is 11.8 Å². The van der Waals surface area contributed by atoms with Crippen LogP contribution in [-0.4, -0.2) is 110 Å². The minimum Gasteiger partial charge on any atom is -0.384 e. The standard InChI is InChI=1S/C54H65N11O4/c1-35-29-41(9-10-46(35)57-48-11-12-51(67)58-53(48)68)39-15-23-62(24-16-39)32-43-30-44-33-64(27-28-65(44)59-43)54(69)40-7-5-37(6-8-40)38-17-25-63(26-18-38)36(2)50-31-45-49(14-21-56-52(45)61(50)4)60(3)22-19-47-42(34-66)13-20-55-47/h5-10,14,19,21-22,29-31,34,36,38-39,48,55,57H,11-13,15-18,20,23-28,32-33H2,1-4H3,(H,58,67,68)/b22-19-. The number of amides is 3. The summed E-state index contributed by atoms with van der Waals surface area (Å²) in [5.41, 5.74) is 12.5. The normalized spacial score (nSPS) is 20.3. The first kappa shape index (κ1) is 46.2. The van der Waals surface area contributed by atoms with Crippen molar-refractivity contribution in [2.75, 3.05) is 56.5 Å². The summed E-state index contributed by atoms with van der Waals surface area (Å²) >= 11 is 0. The largest absolute Gasteiger partial charge is 0.384 e. The Morgan fingerprint density at radius 2 is 1.67 bits per heavy atom. The molecule has 3 N–H and O–H groups in total. The van der Waals surface area contributed by atoms with Crippen LogP contribution >= 0.6 is 0 Å². The van der Waals surface area contributed by atoms with E-state index in [-0.39, 0.29) is 29.8 Å². The van der Waals surface area contributed by atoms with Crippen LogP contribution in [0.25, 0.3) is 11.0 Å². The lowest BCUT2D eigenvalue weighted by atomic mass is 9.88. The summed E-state index contributed by atoms with van der Waals surface area (Å²) in [6, 6.07) is 21.2. The quantitative estimate of drug-likeness (QED) is 0.0858. The number of pyridine rings is 1. The Morgan fingerprint density at radius 3 is 2.42 bits per heavy atom. The molecule has 0 radical (unpaired) electrons. The van der Waals surface area contributed by atoms with E-state index in [9.17, 15) is 19.2 Å². The van der Waals surface area contributed by atoms with Gasteiger partial charge in [-0.15, -0.1) is 0 Å². The second kappa shape index (κ2) is 19.8. The minimum absolute atomic E-state index is 0.0707. The van der Waals surface area contributed by atoms with Crippen LogP contribution in [0.5, 0.6) is 0 Å². The number of hydrogen-bond acceptors (Lipinski definition) is 11. The molecule has 5 aliphatic rings. The lowest BCUT2D eigenvalue weighted by Crippen LogP contribution is -2.47. The summed E-state index contributed by atoms with van der Waals surface area (Å²) in [5, 5.41) is 15.2. The number of aldehydes is 1. The first-order valence-electron chi connectivity index (χ1n) is 24.9. The Hall–Kier alpha value is -6.58. The first-order valence-corrected chi connectivity index (χ1v) is 24.9. The predicted molar refractivity (Wildman–Crippen MR) is 268 cm³/mol. The number of anilines is 2. The number of likely N-dealkylation sites (tertiary alicyclic amines) is 2. The number of benzene rings is 2. The molecule has 15 heteroatoms. The number of piperidine rings is 3. The summed E-state index contributed by atoms with van der Waals surface area (Å²) in [7, 11) is 4.15. The zero-order valence-electron chi connectivity index (χ0n) is 40.4. The number of rotatable bonds is 13. The molecule has 0 saturated carbocycles. The number of allylic oxidation sites excluding steroid dienone is 1. The smallest absolute Gasteiger partial charge is 0.254 e. The Balaban J connectivity index is 0.692. The number of hydrogen-bond donors (Lipinski definition) is 3. The molecule has 5 aromatic rings. The van der Waals surface area contributed by atoms with Crippen LogP contribution in [0.15, 0.2) is 90.4 Å². The van der Waals surface area contributed by atoms with E-state index in [0.717, 1.165) is 134 Å². The molecule has 8 heterocycles. The zero-order valence-corrected chi connectivity index (χ0v) is 40.4. The highest BCUT2D eigenvalue weighted by Crippen LogP contribution is 2.37. The maximum atomic E-state index is 13.9. The molecule has 15 nitrogen and oxygen atoms in total. The van der Waals surface area contributed by atoms with Crippen molar-refractivity contribution >= 4 is 46.4 Å². The molecule has 3 fully saturated rings. The van der Waals surface area contributed by atoms with Gasteiger partial charge in [-0.1, -0.05) is 24.3 Å². The van der Waals surface area contributed by atoms with Crippen LogP contribution in [0.1, 0.15) is 114 Å². The van der Waals surface area contributed by atoms with Crippen molar-refractivity contribution in [1.82, 2.24) is 44.7 Å². The molecule has 10 rings (SSSR count). The minimum atomic E-state index is -0.388. The van der Waals surface area contributed by atoms with Gasteiger partial charge in [0.15, 0.2) is 0 Å². The van der Waals surface area contributed by atoms with Crippen LogP contribution in [0.2, 0.25) is 0 Å². The molecular weight excluding hydrogens is 867 g/mol. The van der Waals surface area contributed by atoms with Gasteiger partial charge in [-0.3, -0.25) is 39.0 Å². The molecule has 3 aromatic heterocycles. The van der Waals surface area contributed by atoms with E-state index < -0.39 is 0 Å². The van der Waals surface area contributed by atoms with Gasteiger partial charge in [0.25, 0.3) is 5.91 Å². The topological polar surface area (TPSA) is 153 Å². The van der Waals surface area contributed by atoms with Crippen molar-refractivity contribution in [3.05, 3.63) is 130 Å². The van der Waals surface area contributed by atoms with Crippen molar-refractivity contribution in [3.63, 3.8) is 0 Å². The predicted octanol–water partition coefficient (Wildman–Crippen LogP) is 6.67. The van der Waals surface area contributed by atoms with E-state index in [1.54, 1.807) is 0 Å². The summed E-state index contributed by atoms with van der Waals surface area (Å²) in [5.74, 6) is 0.538. The fourth-order valence-corrected chi connectivity index (χ4v) is 11.3. The number of fused-ring (bicyclic) bond motifs is 2. The molecule has 2 unspecified atom stereocenters. The average molecular weight is 932 g/mol. The maximum Gasteiger partial charge on any atom is 0.254 e. The monoisotopic (exact) mass is 932 g/mol. The molecule has 69 heavy (non-hydrogen) atoms. The third kappa shape index (κ3) is 9.71. The van der Waals surface area contributed by atoms with Crippen LogP contribution in [0.4, 0.5) is 11.4 Å². The zero-order chi connectivity index (χ0) is 47.8. The van der Waals surface area contributed by atoms with E-state index in [0.29, 0.717) is 44.3 Å². The number of aromatic nitrogens is 4. The lowest BCUT2D eigenvalue weighted by Gasteiger charge is -2.36. The van der Waals surface area contributed by atoms with Gasteiger partial charge in [-0.2, -0.15) is 5.10 Å². The molecule has 3 saturated heterocycles. The number of aryl methyl sites for hydroxylation is 2. The van der Waals surface area contributed by atoms with Crippen molar-refractivity contribution in [2.45, 2.75) is 102 Å². The fourth-order valence-electron chi connectivity index (χ4n) is 11.3. The maximum absolute atomic E-state index is 13.9. The van der Waals surface area contributed by atoms with Crippen LogP contribution < -0.4 is 20.9 Å². The highest BCUT2D eigenvalue weighted by atomic mass is 16.2.